The number of carboxylic acids is 1. The minimum Gasteiger partial charge on any atom is -0.476 e. The Kier molecular flexibility index (Phi) is 2.47. The monoisotopic (exact) mass is 220 g/mol. The molecule has 16 heavy (non-hydrogen) atoms. The van der Waals surface area contributed by atoms with Crippen molar-refractivity contribution in [3.8, 4) is 0 Å². The first kappa shape index (κ1) is 10.4. The van der Waals surface area contributed by atoms with Gasteiger partial charge in [0, 0.05) is 11.9 Å². The van der Waals surface area contributed by atoms with E-state index in [1.54, 1.807) is 15.6 Å². The highest BCUT2D eigenvalue weighted by molar-refractivity contribution is 5.84. The van der Waals surface area contributed by atoms with Gasteiger partial charge in [-0.25, -0.2) is 9.48 Å². The van der Waals surface area contributed by atoms with Crippen LogP contribution in [-0.4, -0.2) is 30.6 Å². The van der Waals surface area contributed by atoms with E-state index in [2.05, 4.69) is 10.2 Å². The van der Waals surface area contributed by atoms with Crippen molar-refractivity contribution in [2.45, 2.75) is 20.5 Å². The molecule has 2 aromatic heterocycles. The van der Waals surface area contributed by atoms with Crippen molar-refractivity contribution in [2.75, 3.05) is 0 Å². The van der Waals surface area contributed by atoms with E-state index in [0.717, 1.165) is 11.4 Å². The van der Waals surface area contributed by atoms with E-state index in [9.17, 15) is 4.79 Å². The van der Waals surface area contributed by atoms with Gasteiger partial charge in [-0.3, -0.25) is 4.68 Å². The summed E-state index contributed by atoms with van der Waals surface area (Å²) in [5.41, 5.74) is 1.99. The molecule has 0 aromatic carbocycles. The molecule has 6 heteroatoms. The molecule has 0 unspecified atom stereocenters. The van der Waals surface area contributed by atoms with Crippen molar-refractivity contribution in [1.82, 2.24) is 19.6 Å². The lowest BCUT2D eigenvalue weighted by molar-refractivity contribution is 0.0689. The van der Waals surface area contributed by atoms with Crippen molar-refractivity contribution in [3.63, 3.8) is 0 Å². The Morgan fingerprint density at radius 2 is 2.19 bits per heavy atom. The molecule has 0 atom stereocenters. The number of nitrogens with zero attached hydrogens (tertiary/aromatic N) is 4. The van der Waals surface area contributed by atoms with E-state index in [-0.39, 0.29) is 5.69 Å². The van der Waals surface area contributed by atoms with Gasteiger partial charge in [0.05, 0.1) is 5.69 Å². The summed E-state index contributed by atoms with van der Waals surface area (Å²) < 4.78 is 3.32. The predicted molar refractivity (Wildman–Crippen MR) is 56.3 cm³/mol. The first-order valence-electron chi connectivity index (χ1n) is 4.84. The molecule has 0 radical (unpaired) electrons. The highest BCUT2D eigenvalue weighted by Gasteiger charge is 2.07. The fraction of sp³-hybridized carbons (Fsp3) is 0.300. The second-order valence-corrected chi connectivity index (χ2v) is 3.61. The van der Waals surface area contributed by atoms with Crippen molar-refractivity contribution in [3.05, 3.63) is 35.4 Å². The average molecular weight is 220 g/mol. The zero-order valence-corrected chi connectivity index (χ0v) is 9.08. The van der Waals surface area contributed by atoms with Crippen LogP contribution in [0.1, 0.15) is 21.9 Å². The lowest BCUT2D eigenvalue weighted by atomic mass is 10.4. The Balaban J connectivity index is 2.20. The first-order chi connectivity index (χ1) is 7.56. The van der Waals surface area contributed by atoms with Gasteiger partial charge in [-0.2, -0.15) is 10.2 Å². The Morgan fingerprint density at radius 3 is 2.69 bits per heavy atom. The lowest BCUT2D eigenvalue weighted by Crippen LogP contribution is -2.12. The summed E-state index contributed by atoms with van der Waals surface area (Å²) in [7, 11) is 0. The standard InChI is InChI=1S/C10H12N4O2/c1-7-5-8(2)14(11-7)6-13-4-3-9(12-13)10(15)16/h3-5H,6H2,1-2H3,(H,15,16). The van der Waals surface area contributed by atoms with E-state index >= 15 is 0 Å². The molecule has 0 amide bonds. The van der Waals surface area contributed by atoms with Gasteiger partial charge in [-0.05, 0) is 26.0 Å². The van der Waals surface area contributed by atoms with Crippen molar-refractivity contribution in [2.24, 2.45) is 0 Å². The van der Waals surface area contributed by atoms with Crippen LogP contribution in [0.15, 0.2) is 18.3 Å². The largest absolute Gasteiger partial charge is 0.476 e. The molecule has 6 nitrogen and oxygen atoms in total. The first-order valence-corrected chi connectivity index (χ1v) is 4.84. The van der Waals surface area contributed by atoms with Crippen LogP contribution in [0.3, 0.4) is 0 Å². The zero-order chi connectivity index (χ0) is 11.7. The number of rotatable bonds is 3. The molecule has 84 valence electrons. The quantitative estimate of drug-likeness (QED) is 0.834. The maximum atomic E-state index is 10.6. The van der Waals surface area contributed by atoms with Gasteiger partial charge in [-0.15, -0.1) is 0 Å². The number of hydrogen-bond donors (Lipinski definition) is 1. The molecule has 1 N–H and O–H groups in total. The number of hydrogen-bond acceptors (Lipinski definition) is 3. The van der Waals surface area contributed by atoms with Gasteiger partial charge >= 0.3 is 5.97 Å². The van der Waals surface area contributed by atoms with Crippen LogP contribution in [-0.2, 0) is 6.67 Å². The number of aromatic carboxylic acids is 1. The highest BCUT2D eigenvalue weighted by atomic mass is 16.4. The molecule has 0 aliphatic heterocycles. The zero-order valence-electron chi connectivity index (χ0n) is 9.08. The van der Waals surface area contributed by atoms with Gasteiger partial charge in [0.15, 0.2) is 5.69 Å². The van der Waals surface area contributed by atoms with Crippen LogP contribution in [0, 0.1) is 13.8 Å². The Bertz CT molecular complexity index is 527. The number of carbonyl (C=O) groups is 1. The summed E-state index contributed by atoms with van der Waals surface area (Å²) >= 11 is 0. The Labute approximate surface area is 92.1 Å². The van der Waals surface area contributed by atoms with Crippen LogP contribution >= 0.6 is 0 Å². The second-order valence-electron chi connectivity index (χ2n) is 3.61. The SMILES string of the molecule is Cc1cc(C)n(Cn2ccc(C(=O)O)n2)n1. The Morgan fingerprint density at radius 1 is 1.44 bits per heavy atom. The number of carboxylic acid groups (broad SMARTS) is 1. The van der Waals surface area contributed by atoms with Gasteiger partial charge in [0.25, 0.3) is 0 Å². The minimum absolute atomic E-state index is 0.0431. The van der Waals surface area contributed by atoms with Gasteiger partial charge in [-0.1, -0.05) is 0 Å². The predicted octanol–water partition coefficient (Wildman–Crippen LogP) is 0.900. The van der Waals surface area contributed by atoms with Crippen LogP contribution in [0.4, 0.5) is 0 Å². The molecule has 0 aliphatic rings. The molecule has 0 bridgehead atoms. The van der Waals surface area contributed by atoms with Crippen molar-refractivity contribution >= 4 is 5.97 Å². The maximum absolute atomic E-state index is 10.6. The summed E-state index contributed by atoms with van der Waals surface area (Å²) in [5, 5.41) is 16.9. The number of aromatic nitrogens is 4. The summed E-state index contributed by atoms with van der Waals surface area (Å²) in [6.45, 7) is 4.28. The van der Waals surface area contributed by atoms with E-state index in [4.69, 9.17) is 5.11 Å². The van der Waals surface area contributed by atoms with Crippen LogP contribution < -0.4 is 0 Å². The molecule has 0 spiro atoms. The lowest BCUT2D eigenvalue weighted by Gasteiger charge is -2.03. The molecule has 0 saturated heterocycles. The molecule has 0 saturated carbocycles. The van der Waals surface area contributed by atoms with Crippen LogP contribution in [0.2, 0.25) is 0 Å². The van der Waals surface area contributed by atoms with Crippen molar-refractivity contribution < 1.29 is 9.90 Å². The fourth-order valence-electron chi connectivity index (χ4n) is 1.51. The number of aryl methyl sites for hydroxylation is 2. The van der Waals surface area contributed by atoms with Crippen LogP contribution in [0.5, 0.6) is 0 Å². The third-order valence-electron chi connectivity index (χ3n) is 2.24. The minimum atomic E-state index is -1.02. The van der Waals surface area contributed by atoms with Gasteiger partial charge in [0.1, 0.15) is 6.67 Å². The second kappa shape index (κ2) is 3.80. The molecule has 0 fully saturated rings. The topological polar surface area (TPSA) is 72.9 Å². The molecular weight excluding hydrogens is 208 g/mol. The van der Waals surface area contributed by atoms with Crippen LogP contribution in [0.25, 0.3) is 0 Å². The van der Waals surface area contributed by atoms with Gasteiger partial charge < -0.3 is 5.11 Å². The average Bonchev–Trinajstić information content (AvgIpc) is 2.75. The molecular formula is C10H12N4O2. The van der Waals surface area contributed by atoms with E-state index in [1.165, 1.54) is 6.07 Å². The molecule has 2 rings (SSSR count). The molecule has 2 aromatic rings. The maximum Gasteiger partial charge on any atom is 0.356 e. The highest BCUT2D eigenvalue weighted by Crippen LogP contribution is 2.03. The normalized spacial score (nSPS) is 10.6. The summed E-state index contributed by atoms with van der Waals surface area (Å²) in [6.07, 6.45) is 1.62. The van der Waals surface area contributed by atoms with E-state index in [1.807, 2.05) is 19.9 Å². The fourth-order valence-corrected chi connectivity index (χ4v) is 1.51. The summed E-state index contributed by atoms with van der Waals surface area (Å²) in [4.78, 5) is 10.6. The van der Waals surface area contributed by atoms with Crippen molar-refractivity contribution in [1.29, 1.82) is 0 Å². The van der Waals surface area contributed by atoms with E-state index in [0.29, 0.717) is 6.67 Å². The Hall–Kier alpha value is -2.11. The smallest absolute Gasteiger partial charge is 0.356 e. The summed E-state index contributed by atoms with van der Waals surface area (Å²) in [6, 6.07) is 3.43. The van der Waals surface area contributed by atoms with Gasteiger partial charge in [0.2, 0.25) is 0 Å². The third-order valence-corrected chi connectivity index (χ3v) is 2.24. The summed E-state index contributed by atoms with van der Waals surface area (Å²) in [5.74, 6) is -1.02. The molecule has 0 aliphatic carbocycles. The molecule has 2 heterocycles. The third kappa shape index (κ3) is 1.95. The van der Waals surface area contributed by atoms with E-state index < -0.39 is 5.97 Å².